The molecule has 0 aliphatic rings. The van der Waals surface area contributed by atoms with Crippen molar-refractivity contribution in [3.05, 3.63) is 391 Å². The van der Waals surface area contributed by atoms with Crippen LogP contribution in [0.4, 0.5) is 14.4 Å². The van der Waals surface area contributed by atoms with Gasteiger partial charge in [0, 0.05) is 123 Å². The van der Waals surface area contributed by atoms with E-state index in [9.17, 15) is 44.1 Å². The number of aliphatic hydroxyl groups excluding tert-OH is 3. The average molecular weight is 2250 g/mol. The first-order chi connectivity index (χ1) is 71.9. The second kappa shape index (κ2) is 63.7. The fourth-order valence-corrected chi connectivity index (χ4v) is 19.3. The molecule has 6 N–H and O–H groups in total. The molecule has 36 heteroatoms. The number of hydrogen-bond donors (Lipinski definition) is 6. The van der Waals surface area contributed by atoms with Crippen molar-refractivity contribution in [1.29, 1.82) is 0 Å². The van der Waals surface area contributed by atoms with E-state index in [-0.39, 0.29) is 108 Å². The molecule has 3 amide bonds. The Morgan fingerprint density at radius 1 is 0.255 bits per heavy atom. The summed E-state index contributed by atoms with van der Waals surface area (Å²) in [6.45, 7) is 15.6. The Morgan fingerprint density at radius 2 is 0.423 bits per heavy atom. The number of carbonyl (C=O) groups excluding carboxylic acids is 6. The van der Waals surface area contributed by atoms with Crippen LogP contribution in [0.1, 0.15) is 66.0 Å². The SMILES string of the molecule is C=C(C)C(=O)OCCNC(=O)OC(COc1ccc(C(c2ccc(OCC(CSc3ccc(Cl)cc3)OC(=O)NCCOC(=O)C(=C)C)cc2)c2ccc(OCC(CSc3ccc(Cl)cc3)OC(=O)NCCOC(=O)C(=C)C)cc2)cc1)CSc1ccc(Cl)cc1.OC(COc1ccc(C(c2ccc(OCC(O)CSc3ccc(Cl)cc3)cc2)c2ccc(OCC(O)CSc3ccc(Cl)cc3)cc2)cc1)CSc1ccc(Cl)cc1. The molecule has 0 aromatic heterocycles. The lowest BCUT2D eigenvalue weighted by atomic mass is 9.85. The fourth-order valence-electron chi connectivity index (χ4n) is 13.5. The van der Waals surface area contributed by atoms with Crippen LogP contribution in [0.2, 0.25) is 30.1 Å². The molecule has 0 spiro atoms. The van der Waals surface area contributed by atoms with Crippen LogP contribution in [0.25, 0.3) is 0 Å². The quantitative estimate of drug-likeness (QED) is 0.00515. The zero-order valence-electron chi connectivity index (χ0n) is 81.6. The normalized spacial score (nSPS) is 12.6. The van der Waals surface area contributed by atoms with Gasteiger partial charge in [0.2, 0.25) is 0 Å². The van der Waals surface area contributed by atoms with Gasteiger partial charge in [-0.1, -0.05) is 162 Å². The molecule has 24 nitrogen and oxygen atoms in total. The van der Waals surface area contributed by atoms with Gasteiger partial charge in [0.15, 0.2) is 0 Å². The molecule has 0 radical (unpaired) electrons. The maximum absolute atomic E-state index is 13.0. The van der Waals surface area contributed by atoms with E-state index >= 15 is 0 Å². The Morgan fingerprint density at radius 3 is 0.597 bits per heavy atom. The van der Waals surface area contributed by atoms with Gasteiger partial charge >= 0.3 is 36.2 Å². The van der Waals surface area contributed by atoms with Crippen LogP contribution in [0, 0.1) is 0 Å². The zero-order chi connectivity index (χ0) is 106. The highest BCUT2D eigenvalue weighted by Crippen LogP contribution is 2.39. The van der Waals surface area contributed by atoms with Crippen molar-refractivity contribution in [2.24, 2.45) is 0 Å². The molecule has 12 aromatic rings. The van der Waals surface area contributed by atoms with Crippen molar-refractivity contribution in [2.45, 2.75) is 98.6 Å². The van der Waals surface area contributed by atoms with Gasteiger partial charge in [-0.05, 0) is 273 Å². The van der Waals surface area contributed by atoms with Gasteiger partial charge in [-0.2, -0.15) is 0 Å². The van der Waals surface area contributed by atoms with E-state index in [0.29, 0.717) is 99.1 Å². The van der Waals surface area contributed by atoms with Crippen molar-refractivity contribution in [3.8, 4) is 34.5 Å². The molecule has 0 heterocycles. The highest BCUT2D eigenvalue weighted by Gasteiger charge is 2.26. The molecule has 0 fully saturated rings. The van der Waals surface area contributed by atoms with Gasteiger partial charge in [0.1, 0.15) is 112 Å². The van der Waals surface area contributed by atoms with Gasteiger partial charge in [-0.3, -0.25) is 0 Å². The summed E-state index contributed by atoms with van der Waals surface area (Å²) in [5.74, 6) is 3.76. The molecule has 6 unspecified atom stereocenters. The van der Waals surface area contributed by atoms with Crippen molar-refractivity contribution in [1.82, 2.24) is 16.0 Å². The van der Waals surface area contributed by atoms with E-state index in [1.807, 2.05) is 255 Å². The Kier molecular flexibility index (Phi) is 50.4. The standard InChI is InChI=1S/C67H70Cl3N3O15S3.C46H43Cl3O6S3/c1-43(2)62(74)80-34-31-71-65(77)86-55(40-89-58-25-13-49(68)14-26-58)37-83-52-19-7-46(8-20-52)61(47-9-21-53(22-10-47)84-38-56(41-90-59-27-15-50(69)16-28-59)87-66(78)72-32-35-81-63(75)44(3)4)48-11-23-54(24-12-48)85-39-57(42-91-60-29-17-51(70)18-30-60)88-67(79)73-33-36-82-64(76)45(5)6;47-34-7-19-43(20-8-34)56-28-37(50)25-53-40-13-1-31(2-14-40)46(32-3-15-41(16-4-32)54-26-38(51)29-57-44-21-9-35(48)10-22-44)33-5-17-42(18-6-33)55-27-39(52)30-58-45-23-11-36(49)12-24-45/h7-30,55-57,61H,1,3,5,31-42H2,2,4,6H3,(H,71,77)(H,72,78)(H,73,79);1-24,37-39,46,50-52H,25-30H2. The zero-order valence-corrected chi connectivity index (χ0v) is 91.0. The fraction of sp³-hybridized carbons (Fsp3) is 0.257. The highest BCUT2D eigenvalue weighted by atomic mass is 35.5. The van der Waals surface area contributed by atoms with Crippen LogP contribution in [-0.4, -0.2) is 202 Å². The van der Waals surface area contributed by atoms with Gasteiger partial charge in [-0.25, -0.2) is 28.8 Å². The summed E-state index contributed by atoms with van der Waals surface area (Å²) in [4.78, 5) is 80.3. The van der Waals surface area contributed by atoms with E-state index in [1.165, 1.54) is 56.1 Å². The van der Waals surface area contributed by atoms with E-state index in [2.05, 4.69) is 35.7 Å². The smallest absolute Gasteiger partial charge is 0.407 e. The van der Waals surface area contributed by atoms with Gasteiger partial charge in [0.05, 0.1) is 37.9 Å². The first-order valence-corrected chi connectivity index (χ1v) is 55.1. The van der Waals surface area contributed by atoms with Crippen LogP contribution in [0.15, 0.2) is 357 Å². The molecule has 0 aliphatic heterocycles. The molecular formula is C113H113Cl6N3O21S6. The second-order valence-electron chi connectivity index (χ2n) is 33.3. The molecule has 6 atom stereocenters. The van der Waals surface area contributed by atoms with Crippen molar-refractivity contribution < 1.29 is 101 Å². The number of amides is 3. The predicted octanol–water partition coefficient (Wildman–Crippen LogP) is 25.4. The Labute approximate surface area is 923 Å². The van der Waals surface area contributed by atoms with Crippen LogP contribution < -0.4 is 44.4 Å². The van der Waals surface area contributed by atoms with Gasteiger partial charge < -0.3 is 88.1 Å². The highest BCUT2D eigenvalue weighted by molar-refractivity contribution is 8.00. The van der Waals surface area contributed by atoms with Crippen molar-refractivity contribution in [2.75, 3.05) is 114 Å². The summed E-state index contributed by atoms with van der Waals surface area (Å²) in [7, 11) is 0. The number of ether oxygens (including phenoxy) is 12. The number of halogens is 6. The number of aliphatic hydroxyl groups is 3. The first kappa shape index (κ1) is 118. The summed E-state index contributed by atoms with van der Waals surface area (Å²) in [6.07, 6.45) is -6.26. The van der Waals surface area contributed by atoms with Crippen LogP contribution in [-0.2, 0) is 42.8 Å². The Hall–Kier alpha value is -11.4. The third kappa shape index (κ3) is 43.8. The summed E-state index contributed by atoms with van der Waals surface area (Å²) in [6, 6.07) is 90.8. The number of thioether (sulfide) groups is 6. The topological polar surface area (TPSA) is 310 Å². The first-order valence-electron chi connectivity index (χ1n) is 47.0. The lowest BCUT2D eigenvalue weighted by molar-refractivity contribution is -0.139. The monoisotopic (exact) mass is 2250 g/mol. The molecule has 0 aliphatic carbocycles. The third-order valence-electron chi connectivity index (χ3n) is 21.1. The minimum absolute atomic E-state index is 0.00292. The lowest BCUT2D eigenvalue weighted by Crippen LogP contribution is -2.35. The largest absolute Gasteiger partial charge is 0.491 e. The van der Waals surface area contributed by atoms with E-state index in [4.69, 9.17) is 126 Å². The van der Waals surface area contributed by atoms with E-state index in [1.54, 1.807) is 71.7 Å². The summed E-state index contributed by atoms with van der Waals surface area (Å²) in [5, 5.41) is 43.4. The summed E-state index contributed by atoms with van der Waals surface area (Å²) < 4.78 is 69.4. The predicted molar refractivity (Wildman–Crippen MR) is 597 cm³/mol. The summed E-state index contributed by atoms with van der Waals surface area (Å²) >= 11 is 45.4. The van der Waals surface area contributed by atoms with Crippen molar-refractivity contribution >= 4 is 176 Å². The number of rotatable bonds is 57. The number of hydrogen-bond acceptors (Lipinski definition) is 27. The Balaban J connectivity index is 0.000000311. The van der Waals surface area contributed by atoms with Crippen LogP contribution in [0.3, 0.4) is 0 Å². The minimum atomic E-state index is -0.718. The minimum Gasteiger partial charge on any atom is -0.491 e. The molecule has 149 heavy (non-hydrogen) atoms. The molecule has 0 saturated carbocycles. The number of carbonyl (C=O) groups is 6. The Bertz CT molecular complexity index is 5610. The number of alkyl carbamates (subject to hydrolysis) is 3. The molecule has 0 bridgehead atoms. The second-order valence-corrected chi connectivity index (χ2v) is 42.5. The van der Waals surface area contributed by atoms with Gasteiger partial charge in [-0.15, -0.1) is 70.6 Å². The van der Waals surface area contributed by atoms with Crippen molar-refractivity contribution in [3.63, 3.8) is 0 Å². The molecular weight excluding hydrogens is 2140 g/mol. The molecule has 784 valence electrons. The maximum Gasteiger partial charge on any atom is 0.407 e. The lowest BCUT2D eigenvalue weighted by Gasteiger charge is -2.22. The van der Waals surface area contributed by atoms with E-state index < -0.39 is 72.8 Å². The third-order valence-corrected chi connectivity index (χ3v) is 29.5. The molecule has 0 saturated heterocycles. The van der Waals surface area contributed by atoms with Crippen LogP contribution in [0.5, 0.6) is 34.5 Å². The van der Waals surface area contributed by atoms with Gasteiger partial charge in [0.25, 0.3) is 0 Å². The number of nitrogens with one attached hydrogen (secondary N) is 3. The summed E-state index contributed by atoms with van der Waals surface area (Å²) in [5.41, 5.74) is 6.48. The van der Waals surface area contributed by atoms with Crippen LogP contribution >= 0.6 is 140 Å². The molecule has 12 aromatic carbocycles. The average Bonchev–Trinajstić information content (AvgIpc) is 0.804. The number of esters is 3. The molecule has 12 rings (SSSR count). The number of benzene rings is 12. The maximum atomic E-state index is 13.0. The van der Waals surface area contributed by atoms with E-state index in [0.717, 1.165) is 62.8 Å².